The Morgan fingerprint density at radius 1 is 1.17 bits per heavy atom. The van der Waals surface area contributed by atoms with E-state index in [9.17, 15) is 10.2 Å². The van der Waals surface area contributed by atoms with E-state index in [1.165, 1.54) is 0 Å². The number of hydrogen-bond donors (Lipinski definition) is 3. The molecule has 0 aromatic heterocycles. The van der Waals surface area contributed by atoms with Crippen LogP contribution in [-0.2, 0) is 0 Å². The van der Waals surface area contributed by atoms with E-state index in [1.807, 2.05) is 6.92 Å². The van der Waals surface area contributed by atoms with E-state index in [-0.39, 0.29) is 18.4 Å². The minimum absolute atomic E-state index is 0.0110. The van der Waals surface area contributed by atoms with Gasteiger partial charge in [-0.2, -0.15) is 0 Å². The van der Waals surface area contributed by atoms with Crippen molar-refractivity contribution in [2.24, 2.45) is 11.8 Å². The first-order valence-electron chi connectivity index (χ1n) is 4.67. The highest BCUT2D eigenvalue weighted by Gasteiger charge is 2.40. The molecule has 1 aliphatic rings. The molecule has 0 spiro atoms. The Bertz CT molecular complexity index is 138. The molecule has 1 rings (SSSR count). The van der Waals surface area contributed by atoms with Crippen molar-refractivity contribution in [1.29, 1.82) is 0 Å². The van der Waals surface area contributed by atoms with Crippen LogP contribution < -0.4 is 0 Å². The fraction of sp³-hybridized carbons (Fsp3) is 1.00. The maximum Gasteiger partial charge on any atom is 0.0618 e. The van der Waals surface area contributed by atoms with Crippen molar-refractivity contribution >= 4 is 0 Å². The standard InChI is InChI=1S/C9H18O3/c1-2-3-6-7(5-10)9(12)4-8(6)11/h6-12H,2-5H2,1H3. The molecule has 3 heteroatoms. The van der Waals surface area contributed by atoms with E-state index < -0.39 is 12.2 Å². The smallest absolute Gasteiger partial charge is 0.0618 e. The topological polar surface area (TPSA) is 60.7 Å². The van der Waals surface area contributed by atoms with E-state index in [2.05, 4.69) is 0 Å². The summed E-state index contributed by atoms with van der Waals surface area (Å²) in [5.41, 5.74) is 0. The lowest BCUT2D eigenvalue weighted by atomic mass is 9.90. The highest BCUT2D eigenvalue weighted by Crippen LogP contribution is 2.35. The Morgan fingerprint density at radius 2 is 1.75 bits per heavy atom. The van der Waals surface area contributed by atoms with Gasteiger partial charge in [0.2, 0.25) is 0 Å². The van der Waals surface area contributed by atoms with Crippen LogP contribution >= 0.6 is 0 Å². The van der Waals surface area contributed by atoms with Gasteiger partial charge < -0.3 is 15.3 Å². The summed E-state index contributed by atoms with van der Waals surface area (Å²) in [6.07, 6.45) is 1.38. The molecule has 3 nitrogen and oxygen atoms in total. The second-order valence-corrected chi connectivity index (χ2v) is 3.67. The fourth-order valence-corrected chi connectivity index (χ4v) is 2.16. The van der Waals surface area contributed by atoms with Crippen molar-refractivity contribution in [1.82, 2.24) is 0 Å². The van der Waals surface area contributed by atoms with E-state index in [0.717, 1.165) is 12.8 Å². The summed E-state index contributed by atoms with van der Waals surface area (Å²) < 4.78 is 0. The summed E-state index contributed by atoms with van der Waals surface area (Å²) in [4.78, 5) is 0. The molecule has 0 aromatic rings. The third kappa shape index (κ3) is 1.79. The Morgan fingerprint density at radius 3 is 2.25 bits per heavy atom. The van der Waals surface area contributed by atoms with Crippen LogP contribution in [0.15, 0.2) is 0 Å². The van der Waals surface area contributed by atoms with Gasteiger partial charge in [-0.15, -0.1) is 0 Å². The van der Waals surface area contributed by atoms with Crippen LogP contribution in [0.3, 0.4) is 0 Å². The molecule has 0 aliphatic heterocycles. The highest BCUT2D eigenvalue weighted by atomic mass is 16.3. The Balaban J connectivity index is 2.55. The Labute approximate surface area is 73.0 Å². The Kier molecular flexibility index (Phi) is 3.50. The average molecular weight is 174 g/mol. The van der Waals surface area contributed by atoms with Gasteiger partial charge in [0.05, 0.1) is 12.2 Å². The fourth-order valence-electron chi connectivity index (χ4n) is 2.16. The summed E-state index contributed by atoms with van der Waals surface area (Å²) in [5.74, 6) is -0.0186. The van der Waals surface area contributed by atoms with Crippen LogP contribution in [0.1, 0.15) is 26.2 Å². The van der Waals surface area contributed by atoms with Gasteiger partial charge in [0.1, 0.15) is 0 Å². The van der Waals surface area contributed by atoms with Crippen LogP contribution in [0.25, 0.3) is 0 Å². The summed E-state index contributed by atoms with van der Waals surface area (Å²) in [7, 11) is 0. The van der Waals surface area contributed by atoms with Crippen LogP contribution in [0.5, 0.6) is 0 Å². The molecule has 12 heavy (non-hydrogen) atoms. The number of rotatable bonds is 3. The molecule has 1 aliphatic carbocycles. The van der Waals surface area contributed by atoms with Crippen LogP contribution in [0.4, 0.5) is 0 Å². The molecule has 0 bridgehead atoms. The van der Waals surface area contributed by atoms with Crippen molar-refractivity contribution in [3.63, 3.8) is 0 Å². The molecule has 0 radical (unpaired) electrons. The van der Waals surface area contributed by atoms with E-state index >= 15 is 0 Å². The van der Waals surface area contributed by atoms with Crippen molar-refractivity contribution in [3.8, 4) is 0 Å². The van der Waals surface area contributed by atoms with Gasteiger partial charge in [-0.3, -0.25) is 0 Å². The van der Waals surface area contributed by atoms with Gasteiger partial charge in [-0.05, 0) is 18.8 Å². The molecule has 72 valence electrons. The minimum Gasteiger partial charge on any atom is -0.396 e. The van der Waals surface area contributed by atoms with Crippen LogP contribution in [0, 0.1) is 11.8 Å². The third-order valence-corrected chi connectivity index (χ3v) is 2.85. The highest BCUT2D eigenvalue weighted by molar-refractivity contribution is 4.90. The molecule has 0 heterocycles. The van der Waals surface area contributed by atoms with Gasteiger partial charge in [-0.25, -0.2) is 0 Å². The molecule has 0 aromatic carbocycles. The molecule has 1 fully saturated rings. The molecule has 3 N–H and O–H groups in total. The van der Waals surface area contributed by atoms with Crippen LogP contribution in [0.2, 0.25) is 0 Å². The lowest BCUT2D eigenvalue weighted by Gasteiger charge is -2.20. The number of hydrogen-bond acceptors (Lipinski definition) is 3. The maximum absolute atomic E-state index is 9.52. The largest absolute Gasteiger partial charge is 0.396 e. The second-order valence-electron chi connectivity index (χ2n) is 3.67. The third-order valence-electron chi connectivity index (χ3n) is 2.85. The van der Waals surface area contributed by atoms with Crippen molar-refractivity contribution in [2.45, 2.75) is 38.4 Å². The Hall–Kier alpha value is -0.120. The van der Waals surface area contributed by atoms with Gasteiger partial charge >= 0.3 is 0 Å². The van der Waals surface area contributed by atoms with E-state index in [1.54, 1.807) is 0 Å². The zero-order valence-corrected chi connectivity index (χ0v) is 7.48. The maximum atomic E-state index is 9.52. The second kappa shape index (κ2) is 4.21. The molecular weight excluding hydrogens is 156 g/mol. The van der Waals surface area contributed by atoms with Crippen LogP contribution in [-0.4, -0.2) is 34.1 Å². The first-order valence-corrected chi connectivity index (χ1v) is 4.67. The van der Waals surface area contributed by atoms with Gasteiger partial charge in [0.25, 0.3) is 0 Å². The predicted molar refractivity (Wildman–Crippen MR) is 45.6 cm³/mol. The minimum atomic E-state index is -0.512. The molecule has 0 amide bonds. The van der Waals surface area contributed by atoms with Gasteiger partial charge in [0, 0.05) is 12.5 Å². The van der Waals surface area contributed by atoms with Crippen molar-refractivity contribution in [3.05, 3.63) is 0 Å². The van der Waals surface area contributed by atoms with E-state index in [0.29, 0.717) is 6.42 Å². The number of aliphatic hydroxyl groups excluding tert-OH is 3. The van der Waals surface area contributed by atoms with Gasteiger partial charge in [-0.1, -0.05) is 13.3 Å². The van der Waals surface area contributed by atoms with Crippen molar-refractivity contribution in [2.75, 3.05) is 6.61 Å². The molecular formula is C9H18O3. The monoisotopic (exact) mass is 174 g/mol. The first kappa shape index (κ1) is 9.96. The summed E-state index contributed by atoms with van der Waals surface area (Å²) in [6, 6.07) is 0. The summed E-state index contributed by atoms with van der Waals surface area (Å²) in [6.45, 7) is 2.04. The molecule has 1 saturated carbocycles. The quantitative estimate of drug-likeness (QED) is 0.570. The first-order chi connectivity index (χ1) is 5.70. The molecule has 0 saturated heterocycles. The van der Waals surface area contributed by atoms with Crippen molar-refractivity contribution < 1.29 is 15.3 Å². The lowest BCUT2D eigenvalue weighted by Crippen LogP contribution is -2.25. The van der Waals surface area contributed by atoms with E-state index in [4.69, 9.17) is 5.11 Å². The zero-order chi connectivity index (χ0) is 9.14. The molecule has 4 atom stereocenters. The average Bonchev–Trinajstić information content (AvgIpc) is 2.28. The van der Waals surface area contributed by atoms with Gasteiger partial charge in [0.15, 0.2) is 0 Å². The SMILES string of the molecule is CCCC1C(O)CC(O)C1CO. The predicted octanol–water partition coefficient (Wildman–Crippen LogP) is 0.137. The molecule has 4 unspecified atom stereocenters. The zero-order valence-electron chi connectivity index (χ0n) is 7.48. The summed E-state index contributed by atoms with van der Waals surface area (Å²) in [5, 5.41) is 27.9. The lowest BCUT2D eigenvalue weighted by molar-refractivity contribution is 0.0634. The summed E-state index contributed by atoms with van der Waals surface area (Å²) >= 11 is 0. The normalized spacial score (nSPS) is 42.0. The number of aliphatic hydroxyl groups is 3.